The standard InChI is InChI=1S/C19H12ClF3N6O2/c20-16-12(8-26-27-18(16)31)28-4-5-29-13(7-25-14(29)9-28)17(30)15-10(6-24)2-1-3-11(15)19(21,22)23/h1-3,7-8H,4-5,9H2,(H,27,31). The highest BCUT2D eigenvalue weighted by atomic mass is 35.5. The lowest BCUT2D eigenvalue weighted by molar-refractivity contribution is -0.137. The van der Waals surface area contributed by atoms with Gasteiger partial charge in [-0.3, -0.25) is 9.59 Å². The van der Waals surface area contributed by atoms with Gasteiger partial charge in [0.15, 0.2) is 0 Å². The van der Waals surface area contributed by atoms with E-state index in [9.17, 15) is 28.0 Å². The van der Waals surface area contributed by atoms with Crippen LogP contribution in [0.2, 0.25) is 5.02 Å². The van der Waals surface area contributed by atoms with Crippen molar-refractivity contribution in [2.45, 2.75) is 19.3 Å². The molecule has 158 valence electrons. The van der Waals surface area contributed by atoms with Crippen molar-refractivity contribution in [1.29, 1.82) is 5.26 Å². The lowest BCUT2D eigenvalue weighted by Crippen LogP contribution is -2.36. The zero-order chi connectivity index (χ0) is 22.3. The molecule has 2 aromatic heterocycles. The zero-order valence-corrected chi connectivity index (χ0v) is 16.3. The molecule has 0 saturated carbocycles. The van der Waals surface area contributed by atoms with Crippen molar-refractivity contribution >= 4 is 23.1 Å². The summed E-state index contributed by atoms with van der Waals surface area (Å²) in [6.45, 7) is 0.667. The molecule has 1 aliphatic rings. The Kier molecular flexibility index (Phi) is 5.02. The number of ketones is 1. The Morgan fingerprint density at radius 2 is 2.03 bits per heavy atom. The molecule has 0 saturated heterocycles. The first-order chi connectivity index (χ1) is 14.7. The summed E-state index contributed by atoms with van der Waals surface area (Å²) in [4.78, 5) is 30.7. The molecule has 0 bridgehead atoms. The molecule has 0 atom stereocenters. The van der Waals surface area contributed by atoms with E-state index in [1.165, 1.54) is 23.0 Å². The maximum absolute atomic E-state index is 13.5. The molecule has 3 aromatic rings. The third kappa shape index (κ3) is 3.55. The van der Waals surface area contributed by atoms with Gasteiger partial charge in [0, 0.05) is 13.1 Å². The molecular formula is C19H12ClF3N6O2. The predicted octanol–water partition coefficient (Wildman–Crippen LogP) is 2.76. The van der Waals surface area contributed by atoms with E-state index in [-0.39, 0.29) is 29.4 Å². The highest BCUT2D eigenvalue weighted by Gasteiger charge is 2.38. The molecule has 1 aliphatic heterocycles. The van der Waals surface area contributed by atoms with Crippen molar-refractivity contribution in [3.8, 4) is 6.07 Å². The minimum atomic E-state index is -4.80. The van der Waals surface area contributed by atoms with Crippen LogP contribution in [0.4, 0.5) is 18.9 Å². The molecule has 0 radical (unpaired) electrons. The SMILES string of the molecule is N#Cc1cccc(C(F)(F)F)c1C(=O)c1cnc2n1CCN(c1cn[nH]c(=O)c1Cl)C2. The number of carbonyl (C=O) groups excluding carboxylic acids is 1. The van der Waals surface area contributed by atoms with Crippen molar-refractivity contribution in [1.82, 2.24) is 19.7 Å². The quantitative estimate of drug-likeness (QED) is 0.617. The number of hydrogen-bond acceptors (Lipinski definition) is 6. The number of carbonyl (C=O) groups is 1. The number of nitriles is 1. The molecule has 4 rings (SSSR count). The normalized spacial score (nSPS) is 13.6. The van der Waals surface area contributed by atoms with Gasteiger partial charge in [-0.1, -0.05) is 17.7 Å². The summed E-state index contributed by atoms with van der Waals surface area (Å²) in [5.74, 6) is -0.540. The molecule has 0 spiro atoms. The first kappa shape index (κ1) is 20.6. The number of alkyl halides is 3. The summed E-state index contributed by atoms with van der Waals surface area (Å²) in [7, 11) is 0. The number of halogens is 4. The number of nitrogens with one attached hydrogen (secondary N) is 1. The molecular weight excluding hydrogens is 437 g/mol. The van der Waals surface area contributed by atoms with Crippen molar-refractivity contribution in [3.05, 3.63) is 74.2 Å². The first-order valence-corrected chi connectivity index (χ1v) is 9.27. The van der Waals surface area contributed by atoms with Crippen molar-refractivity contribution < 1.29 is 18.0 Å². The van der Waals surface area contributed by atoms with Gasteiger partial charge in [-0.05, 0) is 12.1 Å². The van der Waals surface area contributed by atoms with Gasteiger partial charge in [-0.2, -0.15) is 23.5 Å². The number of aromatic amines is 1. The number of rotatable bonds is 3. The van der Waals surface area contributed by atoms with Crippen LogP contribution in [-0.2, 0) is 19.3 Å². The van der Waals surface area contributed by atoms with Crippen LogP contribution in [0, 0.1) is 11.3 Å². The van der Waals surface area contributed by atoms with E-state index in [0.29, 0.717) is 18.1 Å². The fraction of sp³-hybridized carbons (Fsp3) is 0.211. The topological polar surface area (TPSA) is 108 Å². The number of imidazole rings is 1. The van der Waals surface area contributed by atoms with E-state index in [1.54, 1.807) is 11.0 Å². The van der Waals surface area contributed by atoms with Gasteiger partial charge >= 0.3 is 6.18 Å². The van der Waals surface area contributed by atoms with Gasteiger partial charge in [-0.15, -0.1) is 0 Å². The lowest BCUT2D eigenvalue weighted by Gasteiger charge is -2.30. The summed E-state index contributed by atoms with van der Waals surface area (Å²) in [6, 6.07) is 4.68. The Balaban J connectivity index is 1.73. The van der Waals surface area contributed by atoms with Crippen molar-refractivity contribution in [2.24, 2.45) is 0 Å². The lowest BCUT2D eigenvalue weighted by atomic mass is 9.96. The van der Waals surface area contributed by atoms with Crippen LogP contribution >= 0.6 is 11.6 Å². The van der Waals surface area contributed by atoms with Crippen LogP contribution < -0.4 is 10.5 Å². The van der Waals surface area contributed by atoms with Gasteiger partial charge in [0.05, 0.1) is 47.4 Å². The summed E-state index contributed by atoms with van der Waals surface area (Å²) < 4.78 is 41.9. The highest BCUT2D eigenvalue weighted by molar-refractivity contribution is 6.33. The van der Waals surface area contributed by atoms with Crippen LogP contribution in [-0.4, -0.2) is 32.1 Å². The third-order valence-corrected chi connectivity index (χ3v) is 5.30. The average Bonchev–Trinajstić information content (AvgIpc) is 3.17. The predicted molar refractivity (Wildman–Crippen MR) is 103 cm³/mol. The summed E-state index contributed by atoms with van der Waals surface area (Å²) in [5, 5.41) is 15.1. The third-order valence-electron chi connectivity index (χ3n) is 4.93. The van der Waals surface area contributed by atoms with Gasteiger partial charge in [0.25, 0.3) is 5.56 Å². The van der Waals surface area contributed by atoms with E-state index in [2.05, 4.69) is 15.2 Å². The molecule has 0 unspecified atom stereocenters. The Hall–Kier alpha value is -3.65. The van der Waals surface area contributed by atoms with Gasteiger partial charge in [0.1, 0.15) is 16.5 Å². The fourth-order valence-electron chi connectivity index (χ4n) is 3.50. The number of nitrogens with zero attached hydrogens (tertiary/aromatic N) is 5. The Morgan fingerprint density at radius 1 is 1.26 bits per heavy atom. The zero-order valence-electron chi connectivity index (χ0n) is 15.6. The van der Waals surface area contributed by atoms with E-state index in [0.717, 1.165) is 12.1 Å². The van der Waals surface area contributed by atoms with E-state index in [4.69, 9.17) is 11.6 Å². The number of hydrogen-bond donors (Lipinski definition) is 1. The average molecular weight is 449 g/mol. The monoisotopic (exact) mass is 448 g/mol. The summed E-state index contributed by atoms with van der Waals surface area (Å²) in [6.07, 6.45) is -2.23. The van der Waals surface area contributed by atoms with Gasteiger partial charge in [-0.25, -0.2) is 10.1 Å². The van der Waals surface area contributed by atoms with Crippen LogP contribution in [0.3, 0.4) is 0 Å². The van der Waals surface area contributed by atoms with Crippen LogP contribution in [0.25, 0.3) is 0 Å². The van der Waals surface area contributed by atoms with Gasteiger partial charge < -0.3 is 9.47 Å². The summed E-state index contributed by atoms with van der Waals surface area (Å²) in [5.41, 5.74) is -2.49. The summed E-state index contributed by atoms with van der Waals surface area (Å²) >= 11 is 6.04. The number of H-pyrrole nitrogens is 1. The maximum Gasteiger partial charge on any atom is 0.417 e. The van der Waals surface area contributed by atoms with Crippen molar-refractivity contribution in [3.63, 3.8) is 0 Å². The van der Waals surface area contributed by atoms with Crippen LogP contribution in [0.5, 0.6) is 0 Å². The van der Waals surface area contributed by atoms with Gasteiger partial charge in [0.2, 0.25) is 5.78 Å². The Morgan fingerprint density at radius 3 is 2.74 bits per heavy atom. The molecule has 0 aliphatic carbocycles. The van der Waals surface area contributed by atoms with Crippen LogP contribution in [0.1, 0.15) is 33.0 Å². The second-order valence-corrected chi connectivity index (χ2v) is 7.08. The van der Waals surface area contributed by atoms with Crippen molar-refractivity contribution in [2.75, 3.05) is 11.4 Å². The Bertz CT molecular complexity index is 1290. The fourth-order valence-corrected chi connectivity index (χ4v) is 3.71. The number of benzene rings is 1. The van der Waals surface area contributed by atoms with Crippen LogP contribution in [0.15, 0.2) is 35.4 Å². The number of anilines is 1. The molecule has 8 nitrogen and oxygen atoms in total. The Labute approximate surface area is 177 Å². The number of fused-ring (bicyclic) bond motifs is 1. The minimum Gasteiger partial charge on any atom is -0.360 e. The van der Waals surface area contributed by atoms with E-state index in [1.807, 2.05) is 0 Å². The minimum absolute atomic E-state index is 0.0518. The second-order valence-electron chi connectivity index (χ2n) is 6.70. The smallest absolute Gasteiger partial charge is 0.360 e. The van der Waals surface area contributed by atoms with E-state index < -0.39 is 28.6 Å². The largest absolute Gasteiger partial charge is 0.417 e. The highest BCUT2D eigenvalue weighted by Crippen LogP contribution is 2.35. The molecule has 1 N–H and O–H groups in total. The molecule has 31 heavy (non-hydrogen) atoms. The molecule has 0 amide bonds. The molecule has 12 heteroatoms. The molecule has 0 fully saturated rings. The molecule has 3 heterocycles. The second kappa shape index (κ2) is 7.55. The molecule has 1 aromatic carbocycles. The first-order valence-electron chi connectivity index (χ1n) is 8.90. The maximum atomic E-state index is 13.5. The van der Waals surface area contributed by atoms with E-state index >= 15 is 0 Å². The number of aromatic nitrogens is 4.